The summed E-state index contributed by atoms with van der Waals surface area (Å²) in [5, 5.41) is 12.0. The highest BCUT2D eigenvalue weighted by Crippen LogP contribution is 2.32. The highest BCUT2D eigenvalue weighted by atomic mass is 16.3. The zero-order valence-corrected chi connectivity index (χ0v) is 8.08. The first-order chi connectivity index (χ1) is 6.70. The Balaban J connectivity index is 2.46. The molecule has 0 aromatic heterocycles. The van der Waals surface area contributed by atoms with Crippen LogP contribution in [0.15, 0.2) is 18.2 Å². The van der Waals surface area contributed by atoms with Crippen molar-refractivity contribution in [3.05, 3.63) is 29.3 Å². The van der Waals surface area contributed by atoms with E-state index in [1.165, 1.54) is 0 Å². The molecule has 0 saturated carbocycles. The van der Waals surface area contributed by atoms with Gasteiger partial charge in [-0.15, -0.1) is 0 Å². The van der Waals surface area contributed by atoms with Gasteiger partial charge in [0.05, 0.1) is 6.61 Å². The minimum atomic E-state index is -0.0429. The molecule has 3 heteroatoms. The minimum absolute atomic E-state index is 0.0135. The summed E-state index contributed by atoms with van der Waals surface area (Å²) in [4.78, 5) is 11.3. The van der Waals surface area contributed by atoms with E-state index in [0.29, 0.717) is 6.42 Å². The van der Waals surface area contributed by atoms with Gasteiger partial charge in [-0.25, -0.2) is 0 Å². The number of aliphatic hydroxyl groups is 1. The monoisotopic (exact) mass is 191 g/mol. The van der Waals surface area contributed by atoms with Crippen LogP contribution in [0.4, 0.5) is 5.69 Å². The molecular formula is C11H13NO2. The standard InChI is InChI=1S/C11H13NO2/c1-7-2-3-10-9(4-7)8(6-13)5-11(14)12-10/h2-4,8,13H,5-6H2,1H3,(H,12,14). The fourth-order valence-corrected chi connectivity index (χ4v) is 1.83. The second kappa shape index (κ2) is 3.42. The van der Waals surface area contributed by atoms with Crippen molar-refractivity contribution in [2.75, 3.05) is 11.9 Å². The van der Waals surface area contributed by atoms with Crippen molar-refractivity contribution >= 4 is 11.6 Å². The van der Waals surface area contributed by atoms with E-state index in [2.05, 4.69) is 5.32 Å². The molecule has 0 bridgehead atoms. The van der Waals surface area contributed by atoms with Crippen molar-refractivity contribution < 1.29 is 9.90 Å². The zero-order valence-electron chi connectivity index (χ0n) is 8.08. The number of benzene rings is 1. The summed E-state index contributed by atoms with van der Waals surface area (Å²) in [5.74, 6) is -0.0564. The van der Waals surface area contributed by atoms with Crippen LogP contribution in [0.5, 0.6) is 0 Å². The third-order valence-electron chi connectivity index (χ3n) is 2.57. The van der Waals surface area contributed by atoms with Crippen molar-refractivity contribution in [3.63, 3.8) is 0 Å². The molecule has 0 fully saturated rings. The van der Waals surface area contributed by atoms with Gasteiger partial charge in [0, 0.05) is 18.0 Å². The Morgan fingerprint density at radius 3 is 3.07 bits per heavy atom. The van der Waals surface area contributed by atoms with Gasteiger partial charge in [-0.1, -0.05) is 17.7 Å². The number of fused-ring (bicyclic) bond motifs is 1. The van der Waals surface area contributed by atoms with E-state index in [0.717, 1.165) is 16.8 Å². The first-order valence-electron chi connectivity index (χ1n) is 4.72. The molecule has 1 aliphatic rings. The summed E-state index contributed by atoms with van der Waals surface area (Å²) in [6.45, 7) is 2.04. The summed E-state index contributed by atoms with van der Waals surface area (Å²) >= 11 is 0. The Morgan fingerprint density at radius 1 is 1.57 bits per heavy atom. The number of aryl methyl sites for hydroxylation is 1. The van der Waals surface area contributed by atoms with Crippen molar-refractivity contribution in [2.45, 2.75) is 19.3 Å². The molecule has 1 aliphatic heterocycles. The average molecular weight is 191 g/mol. The van der Waals surface area contributed by atoms with E-state index >= 15 is 0 Å². The Hall–Kier alpha value is -1.35. The third kappa shape index (κ3) is 1.51. The molecule has 1 unspecified atom stereocenters. The Morgan fingerprint density at radius 2 is 2.36 bits per heavy atom. The summed E-state index contributed by atoms with van der Waals surface area (Å²) in [5.41, 5.74) is 3.04. The quantitative estimate of drug-likeness (QED) is 0.705. The van der Waals surface area contributed by atoms with Crippen LogP contribution in [0.1, 0.15) is 23.5 Å². The van der Waals surface area contributed by atoms with Crippen LogP contribution >= 0.6 is 0 Å². The SMILES string of the molecule is Cc1ccc2c(c1)C(CO)CC(=O)N2. The van der Waals surface area contributed by atoms with Crippen molar-refractivity contribution in [1.29, 1.82) is 0 Å². The van der Waals surface area contributed by atoms with E-state index in [9.17, 15) is 4.79 Å². The lowest BCUT2D eigenvalue weighted by atomic mass is 9.90. The number of rotatable bonds is 1. The van der Waals surface area contributed by atoms with Gasteiger partial charge in [0.25, 0.3) is 0 Å². The predicted molar refractivity (Wildman–Crippen MR) is 54.3 cm³/mol. The molecule has 0 spiro atoms. The highest BCUT2D eigenvalue weighted by molar-refractivity contribution is 5.94. The fourth-order valence-electron chi connectivity index (χ4n) is 1.83. The summed E-state index contributed by atoms with van der Waals surface area (Å²) in [6, 6.07) is 5.87. The van der Waals surface area contributed by atoms with Crippen LogP contribution in [0.25, 0.3) is 0 Å². The zero-order chi connectivity index (χ0) is 10.1. The molecule has 0 radical (unpaired) electrons. The molecule has 2 N–H and O–H groups in total. The molecule has 0 saturated heterocycles. The van der Waals surface area contributed by atoms with Gasteiger partial charge in [-0.2, -0.15) is 0 Å². The largest absolute Gasteiger partial charge is 0.396 e. The number of hydrogen-bond donors (Lipinski definition) is 2. The number of nitrogens with one attached hydrogen (secondary N) is 1. The number of carbonyl (C=O) groups is 1. The maximum absolute atomic E-state index is 11.3. The van der Waals surface area contributed by atoms with Gasteiger partial charge in [-0.05, 0) is 18.6 Å². The van der Waals surface area contributed by atoms with Crippen LogP contribution in [-0.2, 0) is 4.79 Å². The second-order valence-corrected chi connectivity index (χ2v) is 3.72. The van der Waals surface area contributed by atoms with Gasteiger partial charge < -0.3 is 10.4 Å². The van der Waals surface area contributed by atoms with E-state index in [4.69, 9.17) is 5.11 Å². The lowest BCUT2D eigenvalue weighted by Crippen LogP contribution is -2.24. The van der Waals surface area contributed by atoms with Gasteiger partial charge in [0.15, 0.2) is 0 Å². The Kier molecular flexibility index (Phi) is 2.25. The molecule has 14 heavy (non-hydrogen) atoms. The highest BCUT2D eigenvalue weighted by Gasteiger charge is 2.24. The Labute approximate surface area is 82.8 Å². The first kappa shape index (κ1) is 9.21. The number of amides is 1. The van der Waals surface area contributed by atoms with Crippen LogP contribution in [0.3, 0.4) is 0 Å². The molecule has 0 aliphatic carbocycles. The maximum Gasteiger partial charge on any atom is 0.225 e. The molecule has 2 rings (SSSR count). The Bertz CT molecular complexity index is 374. The van der Waals surface area contributed by atoms with E-state index in [1.807, 2.05) is 25.1 Å². The molecule has 1 aromatic carbocycles. The number of carbonyl (C=O) groups excluding carboxylic acids is 1. The lowest BCUT2D eigenvalue weighted by molar-refractivity contribution is -0.117. The smallest absolute Gasteiger partial charge is 0.225 e. The third-order valence-corrected chi connectivity index (χ3v) is 2.57. The fraction of sp³-hybridized carbons (Fsp3) is 0.364. The van der Waals surface area contributed by atoms with E-state index < -0.39 is 0 Å². The molecule has 74 valence electrons. The molecule has 1 amide bonds. The number of anilines is 1. The average Bonchev–Trinajstić information content (AvgIpc) is 2.17. The maximum atomic E-state index is 11.3. The molecule has 1 aromatic rings. The van der Waals surface area contributed by atoms with Gasteiger partial charge in [-0.3, -0.25) is 4.79 Å². The molecule has 3 nitrogen and oxygen atoms in total. The molecule has 1 heterocycles. The first-order valence-corrected chi connectivity index (χ1v) is 4.72. The van der Waals surface area contributed by atoms with Gasteiger partial charge >= 0.3 is 0 Å². The predicted octanol–water partition coefficient (Wildman–Crippen LogP) is 1.41. The topological polar surface area (TPSA) is 49.3 Å². The summed E-state index contributed by atoms with van der Waals surface area (Å²) in [6.07, 6.45) is 0.382. The normalized spacial score (nSPS) is 20.1. The van der Waals surface area contributed by atoms with Crippen molar-refractivity contribution in [1.82, 2.24) is 0 Å². The number of hydrogen-bond acceptors (Lipinski definition) is 2. The molecule has 1 atom stereocenters. The minimum Gasteiger partial charge on any atom is -0.396 e. The van der Waals surface area contributed by atoms with Crippen LogP contribution in [-0.4, -0.2) is 17.6 Å². The number of aliphatic hydroxyl groups excluding tert-OH is 1. The van der Waals surface area contributed by atoms with E-state index in [-0.39, 0.29) is 18.4 Å². The van der Waals surface area contributed by atoms with Crippen LogP contribution < -0.4 is 5.32 Å². The van der Waals surface area contributed by atoms with Crippen molar-refractivity contribution in [2.24, 2.45) is 0 Å². The van der Waals surface area contributed by atoms with Crippen molar-refractivity contribution in [3.8, 4) is 0 Å². The second-order valence-electron chi connectivity index (χ2n) is 3.72. The van der Waals surface area contributed by atoms with Gasteiger partial charge in [0.2, 0.25) is 5.91 Å². The van der Waals surface area contributed by atoms with Crippen LogP contribution in [0, 0.1) is 6.92 Å². The summed E-state index contributed by atoms with van der Waals surface area (Å²) < 4.78 is 0. The summed E-state index contributed by atoms with van der Waals surface area (Å²) in [7, 11) is 0. The lowest BCUT2D eigenvalue weighted by Gasteiger charge is -2.24. The molecular weight excluding hydrogens is 178 g/mol. The van der Waals surface area contributed by atoms with Crippen LogP contribution in [0.2, 0.25) is 0 Å². The van der Waals surface area contributed by atoms with E-state index in [1.54, 1.807) is 0 Å². The van der Waals surface area contributed by atoms with Gasteiger partial charge in [0.1, 0.15) is 0 Å².